The van der Waals surface area contributed by atoms with Gasteiger partial charge in [0.25, 0.3) is 0 Å². The van der Waals surface area contributed by atoms with Crippen molar-refractivity contribution in [2.75, 3.05) is 13.1 Å². The van der Waals surface area contributed by atoms with E-state index >= 15 is 0 Å². The SMILES string of the molecule is C=CNCCN(/C(C=C)=C/C(C)=C\C)C(C)CC1CC1. The maximum absolute atomic E-state index is 4.00. The van der Waals surface area contributed by atoms with E-state index in [9.17, 15) is 0 Å². The summed E-state index contributed by atoms with van der Waals surface area (Å²) in [6.45, 7) is 16.1. The third kappa shape index (κ3) is 5.68. The van der Waals surface area contributed by atoms with E-state index in [4.69, 9.17) is 0 Å². The van der Waals surface area contributed by atoms with E-state index in [0.717, 1.165) is 19.0 Å². The molecule has 1 rings (SSSR count). The first-order valence-corrected chi connectivity index (χ1v) is 7.70. The normalized spacial score (nSPS) is 17.6. The van der Waals surface area contributed by atoms with Crippen molar-refractivity contribution in [1.82, 2.24) is 10.2 Å². The Labute approximate surface area is 124 Å². The highest BCUT2D eigenvalue weighted by Gasteiger charge is 2.26. The van der Waals surface area contributed by atoms with Crippen molar-refractivity contribution in [1.29, 1.82) is 0 Å². The second kappa shape index (κ2) is 8.68. The molecule has 112 valence electrons. The summed E-state index contributed by atoms with van der Waals surface area (Å²) in [7, 11) is 0. The van der Waals surface area contributed by atoms with Crippen LogP contribution in [0, 0.1) is 5.92 Å². The number of rotatable bonds is 10. The molecular formula is C18H30N2. The lowest BCUT2D eigenvalue weighted by Gasteiger charge is -2.32. The Morgan fingerprint density at radius 1 is 1.40 bits per heavy atom. The van der Waals surface area contributed by atoms with Crippen molar-refractivity contribution in [3.8, 4) is 0 Å². The highest BCUT2D eigenvalue weighted by atomic mass is 15.2. The van der Waals surface area contributed by atoms with Gasteiger partial charge in [0.1, 0.15) is 0 Å². The quantitative estimate of drug-likeness (QED) is 0.473. The Morgan fingerprint density at radius 2 is 2.10 bits per heavy atom. The number of nitrogens with zero attached hydrogens (tertiary/aromatic N) is 1. The van der Waals surface area contributed by atoms with Gasteiger partial charge in [-0.3, -0.25) is 0 Å². The first kappa shape index (κ1) is 16.6. The van der Waals surface area contributed by atoms with Crippen LogP contribution in [0.25, 0.3) is 0 Å². The predicted molar refractivity (Wildman–Crippen MR) is 89.4 cm³/mol. The molecule has 1 unspecified atom stereocenters. The van der Waals surface area contributed by atoms with E-state index in [0.29, 0.717) is 6.04 Å². The molecule has 0 heterocycles. The molecule has 0 bridgehead atoms. The Hall–Kier alpha value is -1.44. The Balaban J connectivity index is 2.78. The molecule has 1 fully saturated rings. The molecule has 0 aromatic carbocycles. The molecule has 20 heavy (non-hydrogen) atoms. The minimum Gasteiger partial charge on any atom is -0.390 e. The van der Waals surface area contributed by atoms with E-state index in [1.807, 2.05) is 6.08 Å². The van der Waals surface area contributed by atoms with Crippen LogP contribution in [0.3, 0.4) is 0 Å². The minimum atomic E-state index is 0.558. The molecular weight excluding hydrogens is 244 g/mol. The van der Waals surface area contributed by atoms with Crippen LogP contribution in [0.4, 0.5) is 0 Å². The van der Waals surface area contributed by atoms with Crippen LogP contribution < -0.4 is 5.32 Å². The smallest absolute Gasteiger partial charge is 0.0365 e. The van der Waals surface area contributed by atoms with Crippen LogP contribution in [0.2, 0.25) is 0 Å². The molecule has 1 aliphatic carbocycles. The monoisotopic (exact) mass is 274 g/mol. The lowest BCUT2D eigenvalue weighted by Crippen LogP contribution is -2.36. The summed E-state index contributed by atoms with van der Waals surface area (Å²) < 4.78 is 0. The number of hydrogen-bond donors (Lipinski definition) is 1. The van der Waals surface area contributed by atoms with E-state index in [1.165, 1.54) is 30.5 Å². The van der Waals surface area contributed by atoms with Gasteiger partial charge in [0, 0.05) is 24.8 Å². The molecule has 1 aliphatic rings. The topological polar surface area (TPSA) is 15.3 Å². The number of nitrogens with one attached hydrogen (secondary N) is 1. The van der Waals surface area contributed by atoms with Crippen LogP contribution in [-0.2, 0) is 0 Å². The zero-order valence-electron chi connectivity index (χ0n) is 13.4. The van der Waals surface area contributed by atoms with Crippen molar-refractivity contribution in [3.05, 3.63) is 48.9 Å². The van der Waals surface area contributed by atoms with Gasteiger partial charge in [0.15, 0.2) is 0 Å². The second-order valence-electron chi connectivity index (χ2n) is 5.69. The van der Waals surface area contributed by atoms with Gasteiger partial charge in [-0.2, -0.15) is 0 Å². The van der Waals surface area contributed by atoms with Gasteiger partial charge in [0.05, 0.1) is 0 Å². The molecule has 0 radical (unpaired) electrons. The summed E-state index contributed by atoms with van der Waals surface area (Å²) in [5.41, 5.74) is 2.50. The van der Waals surface area contributed by atoms with Crippen LogP contribution >= 0.6 is 0 Å². The van der Waals surface area contributed by atoms with Crippen LogP contribution in [0.15, 0.2) is 48.9 Å². The molecule has 2 heteroatoms. The molecule has 2 nitrogen and oxygen atoms in total. The first-order valence-electron chi connectivity index (χ1n) is 7.70. The summed E-state index contributed by atoms with van der Waals surface area (Å²) in [6.07, 6.45) is 12.2. The third-order valence-electron chi connectivity index (χ3n) is 3.92. The molecule has 1 N–H and O–H groups in total. The molecule has 0 saturated heterocycles. The average Bonchev–Trinajstić information content (AvgIpc) is 3.25. The van der Waals surface area contributed by atoms with Crippen molar-refractivity contribution in [3.63, 3.8) is 0 Å². The fourth-order valence-electron chi connectivity index (χ4n) is 2.43. The summed E-state index contributed by atoms with van der Waals surface area (Å²) in [5.74, 6) is 0.939. The number of hydrogen-bond acceptors (Lipinski definition) is 2. The minimum absolute atomic E-state index is 0.558. The largest absolute Gasteiger partial charge is 0.390 e. The van der Waals surface area contributed by atoms with Crippen molar-refractivity contribution < 1.29 is 0 Å². The maximum atomic E-state index is 4.00. The predicted octanol–water partition coefficient (Wildman–Crippen LogP) is 4.25. The van der Waals surface area contributed by atoms with E-state index in [1.54, 1.807) is 6.20 Å². The summed E-state index contributed by atoms with van der Waals surface area (Å²) in [6, 6.07) is 0.558. The summed E-state index contributed by atoms with van der Waals surface area (Å²) in [5, 5.41) is 3.19. The van der Waals surface area contributed by atoms with Crippen molar-refractivity contribution >= 4 is 0 Å². The standard InChI is InChI=1S/C18H30N2/c1-6-15(4)13-18(7-2)20(12-11-19-8-3)16(5)14-17-9-10-17/h6-8,13,16-17,19H,2-3,9-12,14H2,1,4-5H3/b15-6-,18-13+. The first-order chi connectivity index (χ1) is 9.62. The average molecular weight is 274 g/mol. The zero-order chi connectivity index (χ0) is 15.0. The van der Waals surface area contributed by atoms with Gasteiger partial charge in [-0.25, -0.2) is 0 Å². The van der Waals surface area contributed by atoms with Crippen LogP contribution in [-0.4, -0.2) is 24.0 Å². The van der Waals surface area contributed by atoms with Crippen LogP contribution in [0.1, 0.15) is 40.0 Å². The van der Waals surface area contributed by atoms with Gasteiger partial charge in [0.2, 0.25) is 0 Å². The lowest BCUT2D eigenvalue weighted by molar-refractivity contribution is 0.257. The molecule has 0 aliphatic heterocycles. The van der Waals surface area contributed by atoms with E-state index in [-0.39, 0.29) is 0 Å². The highest BCUT2D eigenvalue weighted by molar-refractivity contribution is 5.27. The van der Waals surface area contributed by atoms with Gasteiger partial charge in [-0.1, -0.05) is 37.6 Å². The third-order valence-corrected chi connectivity index (χ3v) is 3.92. The van der Waals surface area contributed by atoms with E-state index in [2.05, 4.69) is 56.3 Å². The van der Waals surface area contributed by atoms with E-state index < -0.39 is 0 Å². The lowest BCUT2D eigenvalue weighted by atomic mass is 10.1. The molecule has 0 aromatic rings. The van der Waals surface area contributed by atoms with Crippen LogP contribution in [0.5, 0.6) is 0 Å². The molecule has 0 spiro atoms. The van der Waals surface area contributed by atoms with Crippen molar-refractivity contribution in [2.24, 2.45) is 5.92 Å². The molecule has 1 atom stereocenters. The Bertz CT molecular complexity index is 375. The Kier molecular flexibility index (Phi) is 7.21. The highest BCUT2D eigenvalue weighted by Crippen LogP contribution is 2.35. The molecule has 0 amide bonds. The second-order valence-corrected chi connectivity index (χ2v) is 5.69. The van der Waals surface area contributed by atoms with Gasteiger partial charge in [-0.05, 0) is 51.5 Å². The number of allylic oxidation sites excluding steroid dienone is 4. The zero-order valence-corrected chi connectivity index (χ0v) is 13.4. The Morgan fingerprint density at radius 3 is 2.60 bits per heavy atom. The fraction of sp³-hybridized carbons (Fsp3) is 0.556. The molecule has 1 saturated carbocycles. The maximum Gasteiger partial charge on any atom is 0.0365 e. The van der Waals surface area contributed by atoms with Crippen molar-refractivity contribution in [2.45, 2.75) is 46.1 Å². The van der Waals surface area contributed by atoms with Gasteiger partial charge < -0.3 is 10.2 Å². The van der Waals surface area contributed by atoms with Gasteiger partial charge >= 0.3 is 0 Å². The summed E-state index contributed by atoms with van der Waals surface area (Å²) >= 11 is 0. The fourth-order valence-corrected chi connectivity index (χ4v) is 2.43. The van der Waals surface area contributed by atoms with Gasteiger partial charge in [-0.15, -0.1) is 0 Å². The summed E-state index contributed by atoms with van der Waals surface area (Å²) in [4.78, 5) is 2.47. The molecule has 0 aromatic heterocycles.